The number of rotatable bonds is 2. The molecule has 5 heteroatoms. The summed E-state index contributed by atoms with van der Waals surface area (Å²) in [6, 6.07) is 6.51. The SMILES string of the molecule is Fc1cc(Br)ccc1-c1cc(CBr)no1. The van der Waals surface area contributed by atoms with Gasteiger partial charge in [0.25, 0.3) is 0 Å². The number of alkyl halides is 1. The lowest BCUT2D eigenvalue weighted by Crippen LogP contribution is -1.81. The first-order chi connectivity index (χ1) is 7.20. The van der Waals surface area contributed by atoms with Crippen LogP contribution in [0.4, 0.5) is 4.39 Å². The van der Waals surface area contributed by atoms with E-state index in [1.54, 1.807) is 18.2 Å². The van der Waals surface area contributed by atoms with E-state index in [-0.39, 0.29) is 5.82 Å². The standard InChI is InChI=1S/C10H6Br2FNO/c11-5-7-4-10(15-14-7)8-2-1-6(12)3-9(8)13/h1-4H,5H2. The van der Waals surface area contributed by atoms with Crippen LogP contribution in [0.5, 0.6) is 0 Å². The van der Waals surface area contributed by atoms with Crippen LogP contribution in [-0.2, 0) is 5.33 Å². The molecule has 0 unspecified atom stereocenters. The fourth-order valence-electron chi connectivity index (χ4n) is 1.19. The van der Waals surface area contributed by atoms with Crippen molar-refractivity contribution in [3.63, 3.8) is 0 Å². The maximum atomic E-state index is 13.5. The fourth-order valence-corrected chi connectivity index (χ4v) is 1.79. The lowest BCUT2D eigenvalue weighted by atomic mass is 10.1. The summed E-state index contributed by atoms with van der Waals surface area (Å²) < 4.78 is 19.2. The molecule has 0 aliphatic rings. The molecule has 2 nitrogen and oxygen atoms in total. The Kier molecular flexibility index (Phi) is 3.21. The summed E-state index contributed by atoms with van der Waals surface area (Å²) in [4.78, 5) is 0. The zero-order valence-corrected chi connectivity index (χ0v) is 10.7. The highest BCUT2D eigenvalue weighted by molar-refractivity contribution is 9.10. The van der Waals surface area contributed by atoms with Crippen LogP contribution in [0.3, 0.4) is 0 Å². The summed E-state index contributed by atoms with van der Waals surface area (Å²) in [5.74, 6) is 0.107. The summed E-state index contributed by atoms with van der Waals surface area (Å²) in [6.07, 6.45) is 0. The average molecular weight is 335 g/mol. The fraction of sp³-hybridized carbons (Fsp3) is 0.100. The van der Waals surface area contributed by atoms with E-state index in [0.29, 0.717) is 21.1 Å². The Labute approximate surface area is 103 Å². The van der Waals surface area contributed by atoms with Crippen LogP contribution in [0.15, 0.2) is 33.3 Å². The minimum absolute atomic E-state index is 0.332. The van der Waals surface area contributed by atoms with Crippen molar-refractivity contribution in [2.45, 2.75) is 5.33 Å². The van der Waals surface area contributed by atoms with E-state index in [4.69, 9.17) is 4.52 Å². The van der Waals surface area contributed by atoms with Crippen molar-refractivity contribution >= 4 is 31.9 Å². The quantitative estimate of drug-likeness (QED) is 0.771. The maximum Gasteiger partial charge on any atom is 0.170 e. The Morgan fingerprint density at radius 2 is 2.13 bits per heavy atom. The van der Waals surface area contributed by atoms with Gasteiger partial charge in [0.2, 0.25) is 0 Å². The molecule has 1 aromatic heterocycles. The third-order valence-electron chi connectivity index (χ3n) is 1.89. The molecule has 0 bridgehead atoms. The number of hydrogen-bond acceptors (Lipinski definition) is 2. The van der Waals surface area contributed by atoms with Crippen LogP contribution in [0.1, 0.15) is 5.69 Å². The van der Waals surface area contributed by atoms with Gasteiger partial charge in [-0.15, -0.1) is 0 Å². The van der Waals surface area contributed by atoms with E-state index in [9.17, 15) is 4.39 Å². The number of hydrogen-bond donors (Lipinski definition) is 0. The molecule has 0 aliphatic heterocycles. The van der Waals surface area contributed by atoms with Gasteiger partial charge in [0, 0.05) is 15.9 Å². The van der Waals surface area contributed by atoms with Crippen LogP contribution >= 0.6 is 31.9 Å². The zero-order valence-electron chi connectivity index (χ0n) is 7.51. The zero-order chi connectivity index (χ0) is 10.8. The van der Waals surface area contributed by atoms with Crippen LogP contribution in [0.25, 0.3) is 11.3 Å². The number of halogens is 3. The summed E-state index contributed by atoms with van der Waals surface area (Å²) in [5.41, 5.74) is 1.16. The number of nitrogens with zero attached hydrogens (tertiary/aromatic N) is 1. The predicted octanol–water partition coefficient (Wildman–Crippen LogP) is 4.14. The molecule has 2 rings (SSSR count). The molecule has 1 heterocycles. The topological polar surface area (TPSA) is 26.0 Å². The Balaban J connectivity index is 2.44. The summed E-state index contributed by atoms with van der Waals surface area (Å²) in [7, 11) is 0. The van der Waals surface area contributed by atoms with Gasteiger partial charge in [-0.2, -0.15) is 0 Å². The summed E-state index contributed by atoms with van der Waals surface area (Å²) in [5, 5.41) is 4.37. The number of aromatic nitrogens is 1. The van der Waals surface area contributed by atoms with Crippen LogP contribution in [-0.4, -0.2) is 5.16 Å². The number of benzene rings is 1. The van der Waals surface area contributed by atoms with Gasteiger partial charge in [-0.3, -0.25) is 0 Å². The van der Waals surface area contributed by atoms with Gasteiger partial charge >= 0.3 is 0 Å². The minimum Gasteiger partial charge on any atom is -0.356 e. The second kappa shape index (κ2) is 4.45. The van der Waals surface area contributed by atoms with Gasteiger partial charge < -0.3 is 4.52 Å². The second-order valence-corrected chi connectivity index (χ2v) is 4.42. The first-order valence-corrected chi connectivity index (χ1v) is 6.09. The highest BCUT2D eigenvalue weighted by Crippen LogP contribution is 2.26. The van der Waals surface area contributed by atoms with Crippen molar-refractivity contribution in [3.05, 3.63) is 40.2 Å². The average Bonchev–Trinajstić information content (AvgIpc) is 2.66. The summed E-state index contributed by atoms with van der Waals surface area (Å²) in [6.45, 7) is 0. The molecule has 0 amide bonds. The predicted molar refractivity (Wildman–Crippen MR) is 62.2 cm³/mol. The highest BCUT2D eigenvalue weighted by Gasteiger charge is 2.10. The molecule has 0 atom stereocenters. The molecule has 2 aromatic rings. The van der Waals surface area contributed by atoms with Crippen molar-refractivity contribution in [1.82, 2.24) is 5.16 Å². The van der Waals surface area contributed by atoms with Gasteiger partial charge in [-0.05, 0) is 18.2 Å². The van der Waals surface area contributed by atoms with E-state index < -0.39 is 0 Å². The molecule has 0 spiro atoms. The molecule has 0 N–H and O–H groups in total. The van der Waals surface area contributed by atoms with Crippen LogP contribution in [0.2, 0.25) is 0 Å². The van der Waals surface area contributed by atoms with Gasteiger partial charge in [-0.25, -0.2) is 4.39 Å². The van der Waals surface area contributed by atoms with Crippen molar-refractivity contribution in [1.29, 1.82) is 0 Å². The third-order valence-corrected chi connectivity index (χ3v) is 2.96. The molecular weight excluding hydrogens is 329 g/mol. The van der Waals surface area contributed by atoms with E-state index in [2.05, 4.69) is 37.0 Å². The molecule has 15 heavy (non-hydrogen) atoms. The Hall–Kier alpha value is -0.680. The molecule has 78 valence electrons. The molecule has 0 saturated heterocycles. The van der Waals surface area contributed by atoms with Crippen molar-refractivity contribution in [2.75, 3.05) is 0 Å². The molecule has 0 fully saturated rings. The van der Waals surface area contributed by atoms with Crippen molar-refractivity contribution < 1.29 is 8.91 Å². The van der Waals surface area contributed by atoms with Crippen molar-refractivity contribution in [3.8, 4) is 11.3 Å². The minimum atomic E-state index is -0.332. The molecule has 1 aromatic carbocycles. The lowest BCUT2D eigenvalue weighted by molar-refractivity contribution is 0.424. The van der Waals surface area contributed by atoms with Crippen molar-refractivity contribution in [2.24, 2.45) is 0 Å². The first-order valence-electron chi connectivity index (χ1n) is 4.17. The molecule has 0 saturated carbocycles. The van der Waals surface area contributed by atoms with Gasteiger partial charge in [0.15, 0.2) is 5.76 Å². The normalized spacial score (nSPS) is 10.6. The Morgan fingerprint density at radius 3 is 2.73 bits per heavy atom. The highest BCUT2D eigenvalue weighted by atomic mass is 79.9. The lowest BCUT2D eigenvalue weighted by Gasteiger charge is -1.97. The van der Waals surface area contributed by atoms with Crippen LogP contribution in [0, 0.1) is 5.82 Å². The van der Waals surface area contributed by atoms with Gasteiger partial charge in [0.05, 0.1) is 11.3 Å². The van der Waals surface area contributed by atoms with E-state index in [0.717, 1.165) is 5.69 Å². The molecular formula is C10H6Br2FNO. The van der Waals surface area contributed by atoms with E-state index in [1.807, 2.05) is 0 Å². The van der Waals surface area contributed by atoms with Gasteiger partial charge in [0.1, 0.15) is 5.82 Å². The van der Waals surface area contributed by atoms with Gasteiger partial charge in [-0.1, -0.05) is 37.0 Å². The maximum absolute atomic E-state index is 13.5. The second-order valence-electron chi connectivity index (χ2n) is 2.94. The Morgan fingerprint density at radius 1 is 1.33 bits per heavy atom. The first kappa shape index (κ1) is 10.8. The smallest absolute Gasteiger partial charge is 0.170 e. The largest absolute Gasteiger partial charge is 0.356 e. The van der Waals surface area contributed by atoms with E-state index >= 15 is 0 Å². The third kappa shape index (κ3) is 2.29. The molecule has 0 aliphatic carbocycles. The van der Waals surface area contributed by atoms with E-state index in [1.165, 1.54) is 6.07 Å². The monoisotopic (exact) mass is 333 g/mol. The van der Waals surface area contributed by atoms with Crippen LogP contribution < -0.4 is 0 Å². The summed E-state index contributed by atoms with van der Waals surface area (Å²) >= 11 is 6.44. The molecule has 0 radical (unpaired) electrons. The Bertz CT molecular complexity index is 484.